The molecule has 1 aliphatic rings. The van der Waals surface area contributed by atoms with Crippen LogP contribution in [0.1, 0.15) is 25.0 Å². The van der Waals surface area contributed by atoms with Crippen molar-refractivity contribution in [2.24, 2.45) is 0 Å². The predicted octanol–water partition coefficient (Wildman–Crippen LogP) is 2.48. The van der Waals surface area contributed by atoms with Crippen molar-refractivity contribution < 1.29 is 9.53 Å². The van der Waals surface area contributed by atoms with Gasteiger partial charge in [0.25, 0.3) is 0 Å². The zero-order valence-electron chi connectivity index (χ0n) is 15.8. The maximum Gasteiger partial charge on any atom is 0.317 e. The Morgan fingerprint density at radius 2 is 1.96 bits per heavy atom. The Hall–Kier alpha value is -2.67. The van der Waals surface area contributed by atoms with Crippen LogP contribution in [0.3, 0.4) is 0 Å². The molecule has 0 bridgehead atoms. The summed E-state index contributed by atoms with van der Waals surface area (Å²) in [6.45, 7) is 6.19. The van der Waals surface area contributed by atoms with Gasteiger partial charge in [-0.3, -0.25) is 4.98 Å². The molecule has 1 atom stereocenters. The Morgan fingerprint density at radius 1 is 1.19 bits per heavy atom. The number of hydrogen-bond donors (Lipinski definition) is 1. The molecule has 0 saturated carbocycles. The number of benzene rings is 1. The Balaban J connectivity index is 1.30. The van der Waals surface area contributed by atoms with E-state index >= 15 is 0 Å². The highest BCUT2D eigenvalue weighted by Gasteiger charge is 2.21. The van der Waals surface area contributed by atoms with Crippen LogP contribution in [-0.2, 0) is 4.74 Å². The zero-order chi connectivity index (χ0) is 18.9. The largest absolute Gasteiger partial charge is 0.374 e. The molecule has 0 radical (unpaired) electrons. The lowest BCUT2D eigenvalue weighted by Gasteiger charge is -2.35. The van der Waals surface area contributed by atoms with Crippen molar-refractivity contribution >= 4 is 11.8 Å². The van der Waals surface area contributed by atoms with Crippen LogP contribution in [0.15, 0.2) is 48.9 Å². The molecule has 2 heterocycles. The summed E-state index contributed by atoms with van der Waals surface area (Å²) in [5, 5.41) is 2.98. The van der Waals surface area contributed by atoms with Gasteiger partial charge in [0.2, 0.25) is 0 Å². The number of nitrogens with one attached hydrogen (secondary N) is 1. The molecular formula is C20H27N5O2. The number of piperazine rings is 1. The first-order valence-corrected chi connectivity index (χ1v) is 9.44. The van der Waals surface area contributed by atoms with E-state index < -0.39 is 0 Å². The van der Waals surface area contributed by atoms with Crippen LogP contribution in [0.4, 0.5) is 10.6 Å². The SMILES string of the molecule is CC(OCCCNC(=O)N1CCN(c2cnccn2)CC1)c1ccccc1. The minimum Gasteiger partial charge on any atom is -0.374 e. The number of carbonyl (C=O) groups excluding carboxylic acids is 1. The van der Waals surface area contributed by atoms with Crippen molar-refractivity contribution in [3.05, 3.63) is 54.5 Å². The van der Waals surface area contributed by atoms with Crippen molar-refractivity contribution in [2.75, 3.05) is 44.2 Å². The molecule has 1 aromatic heterocycles. The third kappa shape index (κ3) is 5.65. The molecule has 144 valence electrons. The van der Waals surface area contributed by atoms with E-state index in [1.807, 2.05) is 30.0 Å². The highest BCUT2D eigenvalue weighted by atomic mass is 16.5. The van der Waals surface area contributed by atoms with Gasteiger partial charge in [-0.2, -0.15) is 0 Å². The molecule has 1 saturated heterocycles. The quantitative estimate of drug-likeness (QED) is 0.759. The highest BCUT2D eigenvalue weighted by molar-refractivity contribution is 5.74. The first kappa shape index (κ1) is 19.1. The molecule has 27 heavy (non-hydrogen) atoms. The average molecular weight is 369 g/mol. The number of amides is 2. The van der Waals surface area contributed by atoms with Crippen LogP contribution in [0, 0.1) is 0 Å². The third-order valence-electron chi connectivity index (χ3n) is 4.67. The number of rotatable bonds is 7. The van der Waals surface area contributed by atoms with Crippen molar-refractivity contribution in [1.29, 1.82) is 0 Å². The van der Waals surface area contributed by atoms with Gasteiger partial charge in [-0.05, 0) is 18.9 Å². The number of aromatic nitrogens is 2. The van der Waals surface area contributed by atoms with Crippen molar-refractivity contribution in [1.82, 2.24) is 20.2 Å². The number of carbonyl (C=O) groups is 1. The molecule has 3 rings (SSSR count). The van der Waals surface area contributed by atoms with Gasteiger partial charge in [-0.1, -0.05) is 30.3 Å². The van der Waals surface area contributed by atoms with Crippen molar-refractivity contribution in [3.8, 4) is 0 Å². The van der Waals surface area contributed by atoms with Crippen LogP contribution in [-0.4, -0.2) is 60.2 Å². The Labute approximate surface area is 160 Å². The van der Waals surface area contributed by atoms with Gasteiger partial charge in [0.05, 0.1) is 12.3 Å². The second-order valence-corrected chi connectivity index (χ2v) is 6.55. The smallest absolute Gasteiger partial charge is 0.317 e. The molecule has 7 nitrogen and oxygen atoms in total. The highest BCUT2D eigenvalue weighted by Crippen LogP contribution is 2.15. The standard InChI is InChI=1S/C20H27N5O2/c1-17(18-6-3-2-4-7-18)27-15-5-8-23-20(26)25-13-11-24(12-14-25)19-16-21-9-10-22-19/h2-4,6-7,9-10,16-17H,5,8,11-15H2,1H3,(H,23,26). The van der Waals surface area contributed by atoms with Crippen LogP contribution in [0.25, 0.3) is 0 Å². The molecular weight excluding hydrogens is 342 g/mol. The van der Waals surface area contributed by atoms with Gasteiger partial charge in [-0.15, -0.1) is 0 Å². The Morgan fingerprint density at radius 3 is 2.67 bits per heavy atom. The summed E-state index contributed by atoms with van der Waals surface area (Å²) in [7, 11) is 0. The predicted molar refractivity (Wildman–Crippen MR) is 105 cm³/mol. The van der Waals surface area contributed by atoms with Gasteiger partial charge >= 0.3 is 6.03 Å². The summed E-state index contributed by atoms with van der Waals surface area (Å²) in [5.74, 6) is 0.863. The van der Waals surface area contributed by atoms with Gasteiger partial charge in [0, 0.05) is 51.7 Å². The molecule has 1 aromatic carbocycles. The number of urea groups is 1. The summed E-state index contributed by atoms with van der Waals surface area (Å²) >= 11 is 0. The maximum absolute atomic E-state index is 12.3. The fourth-order valence-electron chi connectivity index (χ4n) is 3.05. The van der Waals surface area contributed by atoms with Gasteiger partial charge in [0.15, 0.2) is 0 Å². The zero-order valence-corrected chi connectivity index (χ0v) is 15.8. The van der Waals surface area contributed by atoms with Crippen molar-refractivity contribution in [3.63, 3.8) is 0 Å². The van der Waals surface area contributed by atoms with E-state index in [1.165, 1.54) is 5.56 Å². The lowest BCUT2D eigenvalue weighted by atomic mass is 10.1. The van der Waals surface area contributed by atoms with E-state index in [9.17, 15) is 4.79 Å². The van der Waals surface area contributed by atoms with Gasteiger partial charge in [-0.25, -0.2) is 9.78 Å². The fourth-order valence-corrected chi connectivity index (χ4v) is 3.05. The number of nitrogens with zero attached hydrogens (tertiary/aromatic N) is 4. The summed E-state index contributed by atoms with van der Waals surface area (Å²) in [4.78, 5) is 24.7. The van der Waals surface area contributed by atoms with Gasteiger partial charge in [0.1, 0.15) is 5.82 Å². The maximum atomic E-state index is 12.3. The number of hydrogen-bond acceptors (Lipinski definition) is 5. The normalized spacial score (nSPS) is 15.4. The molecule has 1 unspecified atom stereocenters. The minimum absolute atomic E-state index is 0.00935. The summed E-state index contributed by atoms with van der Waals surface area (Å²) in [5.41, 5.74) is 1.17. The van der Waals surface area contributed by atoms with Crippen LogP contribution in [0.2, 0.25) is 0 Å². The minimum atomic E-state index is -0.00935. The number of anilines is 1. The first-order chi connectivity index (χ1) is 13.2. The second-order valence-electron chi connectivity index (χ2n) is 6.55. The fraction of sp³-hybridized carbons (Fsp3) is 0.450. The van der Waals surface area contributed by atoms with E-state index in [0.29, 0.717) is 26.2 Å². The van der Waals surface area contributed by atoms with E-state index in [0.717, 1.165) is 25.3 Å². The van der Waals surface area contributed by atoms with Crippen LogP contribution in [0.5, 0.6) is 0 Å². The summed E-state index contributed by atoms with van der Waals surface area (Å²) in [6, 6.07) is 10.1. The van der Waals surface area contributed by atoms with Crippen molar-refractivity contribution in [2.45, 2.75) is 19.4 Å². The first-order valence-electron chi connectivity index (χ1n) is 9.44. The number of ether oxygens (including phenoxy) is 1. The molecule has 2 aromatic rings. The second kappa shape index (κ2) is 9.87. The Bertz CT molecular complexity index is 690. The summed E-state index contributed by atoms with van der Waals surface area (Å²) < 4.78 is 5.83. The average Bonchev–Trinajstić information content (AvgIpc) is 2.74. The topological polar surface area (TPSA) is 70.6 Å². The molecule has 7 heteroatoms. The molecule has 0 aliphatic carbocycles. The van der Waals surface area contributed by atoms with Crippen LogP contribution >= 0.6 is 0 Å². The Kier molecular flexibility index (Phi) is 6.98. The monoisotopic (exact) mass is 369 g/mol. The van der Waals surface area contributed by atoms with E-state index in [-0.39, 0.29) is 12.1 Å². The van der Waals surface area contributed by atoms with Crippen LogP contribution < -0.4 is 10.2 Å². The van der Waals surface area contributed by atoms with Gasteiger partial charge < -0.3 is 19.9 Å². The molecule has 0 spiro atoms. The van der Waals surface area contributed by atoms with E-state index in [4.69, 9.17) is 4.74 Å². The molecule has 1 N–H and O–H groups in total. The molecule has 2 amide bonds. The lowest BCUT2D eigenvalue weighted by molar-refractivity contribution is 0.0642. The molecule has 1 aliphatic heterocycles. The summed E-state index contributed by atoms with van der Waals surface area (Å²) in [6.07, 6.45) is 5.97. The lowest BCUT2D eigenvalue weighted by Crippen LogP contribution is -2.52. The third-order valence-corrected chi connectivity index (χ3v) is 4.67. The van der Waals surface area contributed by atoms with E-state index in [2.05, 4.69) is 32.3 Å². The van der Waals surface area contributed by atoms with E-state index in [1.54, 1.807) is 18.6 Å². The molecule has 1 fully saturated rings.